The first kappa shape index (κ1) is 15.3. The van der Waals surface area contributed by atoms with E-state index in [1.807, 2.05) is 11.8 Å². The third-order valence-electron chi connectivity index (χ3n) is 2.34. The fourth-order valence-corrected chi connectivity index (χ4v) is 1.30. The molecule has 0 aromatic carbocycles. The van der Waals surface area contributed by atoms with Crippen molar-refractivity contribution in [2.75, 3.05) is 39.8 Å². The molecule has 0 bridgehead atoms. The predicted octanol–water partition coefficient (Wildman–Crippen LogP) is -0.565. The standard InChI is InChI=1S/C10H21N3O2S/c1-3-13(6-7-14)8-10(15)12(2)5-4-9(11)16/h14H,3-8H2,1-2H3,(H2,11,16). The molecule has 0 saturated heterocycles. The van der Waals surface area contributed by atoms with E-state index in [4.69, 9.17) is 23.1 Å². The molecular weight excluding hydrogens is 226 g/mol. The van der Waals surface area contributed by atoms with Gasteiger partial charge in [-0.15, -0.1) is 0 Å². The van der Waals surface area contributed by atoms with Gasteiger partial charge in [0.05, 0.1) is 18.1 Å². The molecule has 0 aliphatic heterocycles. The van der Waals surface area contributed by atoms with E-state index in [-0.39, 0.29) is 12.5 Å². The summed E-state index contributed by atoms with van der Waals surface area (Å²) in [5, 5.41) is 8.80. The van der Waals surface area contributed by atoms with Crippen molar-refractivity contribution < 1.29 is 9.90 Å². The molecule has 0 rings (SSSR count). The zero-order valence-electron chi connectivity index (χ0n) is 9.98. The highest BCUT2D eigenvalue weighted by Gasteiger charge is 2.12. The van der Waals surface area contributed by atoms with Gasteiger partial charge in [0.25, 0.3) is 0 Å². The fraction of sp³-hybridized carbons (Fsp3) is 0.800. The Kier molecular flexibility index (Phi) is 8.05. The van der Waals surface area contributed by atoms with Gasteiger partial charge in [-0.25, -0.2) is 0 Å². The first-order chi connectivity index (χ1) is 7.51. The van der Waals surface area contributed by atoms with Gasteiger partial charge in [0.2, 0.25) is 5.91 Å². The summed E-state index contributed by atoms with van der Waals surface area (Å²) in [6.45, 7) is 4.16. The molecule has 1 amide bonds. The summed E-state index contributed by atoms with van der Waals surface area (Å²) < 4.78 is 0. The number of carbonyl (C=O) groups excluding carboxylic acids is 1. The van der Waals surface area contributed by atoms with Crippen LogP contribution in [0.15, 0.2) is 0 Å². The van der Waals surface area contributed by atoms with E-state index in [2.05, 4.69) is 0 Å². The minimum absolute atomic E-state index is 0.0200. The average molecular weight is 247 g/mol. The number of thiocarbonyl (C=S) groups is 1. The van der Waals surface area contributed by atoms with Crippen molar-refractivity contribution in [3.63, 3.8) is 0 Å². The lowest BCUT2D eigenvalue weighted by atomic mass is 10.3. The van der Waals surface area contributed by atoms with Crippen molar-refractivity contribution >= 4 is 23.1 Å². The number of aliphatic hydroxyl groups is 1. The van der Waals surface area contributed by atoms with Crippen molar-refractivity contribution in [1.29, 1.82) is 0 Å². The monoisotopic (exact) mass is 247 g/mol. The Balaban J connectivity index is 3.97. The van der Waals surface area contributed by atoms with Crippen molar-refractivity contribution in [2.45, 2.75) is 13.3 Å². The van der Waals surface area contributed by atoms with Crippen LogP contribution in [0.3, 0.4) is 0 Å². The third-order valence-corrected chi connectivity index (χ3v) is 2.55. The van der Waals surface area contributed by atoms with Crippen molar-refractivity contribution in [2.24, 2.45) is 5.73 Å². The second-order valence-corrected chi connectivity index (χ2v) is 4.15. The van der Waals surface area contributed by atoms with Crippen LogP contribution in [0, 0.1) is 0 Å². The highest BCUT2D eigenvalue weighted by atomic mass is 32.1. The van der Waals surface area contributed by atoms with Gasteiger partial charge < -0.3 is 15.7 Å². The molecule has 0 saturated carbocycles. The molecular formula is C10H21N3O2S. The highest BCUT2D eigenvalue weighted by Crippen LogP contribution is 1.94. The Bertz CT molecular complexity index is 236. The first-order valence-electron chi connectivity index (χ1n) is 5.36. The normalized spacial score (nSPS) is 10.5. The minimum atomic E-state index is 0.0200. The summed E-state index contributed by atoms with van der Waals surface area (Å²) >= 11 is 4.75. The van der Waals surface area contributed by atoms with E-state index < -0.39 is 0 Å². The van der Waals surface area contributed by atoms with Crippen LogP contribution in [0.25, 0.3) is 0 Å². The van der Waals surface area contributed by atoms with Gasteiger partial charge in [-0.3, -0.25) is 9.69 Å². The number of amides is 1. The lowest BCUT2D eigenvalue weighted by Crippen LogP contribution is -2.40. The SMILES string of the molecule is CCN(CCO)CC(=O)N(C)CCC(N)=S. The van der Waals surface area contributed by atoms with E-state index in [0.717, 1.165) is 6.54 Å². The molecule has 0 atom stereocenters. The van der Waals surface area contributed by atoms with E-state index in [1.54, 1.807) is 11.9 Å². The summed E-state index contributed by atoms with van der Waals surface area (Å²) in [4.78, 5) is 15.6. The quantitative estimate of drug-likeness (QED) is 0.562. The highest BCUT2D eigenvalue weighted by molar-refractivity contribution is 7.80. The molecule has 0 fully saturated rings. The van der Waals surface area contributed by atoms with E-state index in [0.29, 0.717) is 31.0 Å². The Hall–Kier alpha value is -0.720. The maximum atomic E-state index is 11.7. The van der Waals surface area contributed by atoms with Gasteiger partial charge in [0.15, 0.2) is 0 Å². The Morgan fingerprint density at radius 3 is 2.50 bits per heavy atom. The van der Waals surface area contributed by atoms with Gasteiger partial charge in [-0.1, -0.05) is 19.1 Å². The number of aliphatic hydroxyl groups excluding tert-OH is 1. The smallest absolute Gasteiger partial charge is 0.236 e. The van der Waals surface area contributed by atoms with Crippen LogP contribution < -0.4 is 5.73 Å². The van der Waals surface area contributed by atoms with E-state index in [9.17, 15) is 4.79 Å². The summed E-state index contributed by atoms with van der Waals surface area (Å²) in [7, 11) is 1.73. The Morgan fingerprint density at radius 1 is 1.44 bits per heavy atom. The topological polar surface area (TPSA) is 69.8 Å². The molecule has 94 valence electrons. The van der Waals surface area contributed by atoms with Gasteiger partial charge in [-0.05, 0) is 6.54 Å². The van der Waals surface area contributed by atoms with Crippen LogP contribution in [0.2, 0.25) is 0 Å². The number of nitrogens with zero attached hydrogens (tertiary/aromatic N) is 2. The summed E-state index contributed by atoms with van der Waals surface area (Å²) in [5.41, 5.74) is 5.37. The fourth-order valence-electron chi connectivity index (χ4n) is 1.20. The van der Waals surface area contributed by atoms with Crippen LogP contribution in [0.4, 0.5) is 0 Å². The second kappa shape index (κ2) is 8.43. The number of carbonyl (C=O) groups is 1. The molecule has 0 aliphatic rings. The number of hydrogen-bond donors (Lipinski definition) is 2. The van der Waals surface area contributed by atoms with Gasteiger partial charge in [0, 0.05) is 26.6 Å². The maximum Gasteiger partial charge on any atom is 0.236 e. The van der Waals surface area contributed by atoms with Crippen LogP contribution in [-0.2, 0) is 4.79 Å². The molecule has 0 aromatic heterocycles. The predicted molar refractivity (Wildman–Crippen MR) is 68.2 cm³/mol. The molecule has 0 radical (unpaired) electrons. The zero-order valence-corrected chi connectivity index (χ0v) is 10.8. The summed E-state index contributed by atoms with van der Waals surface area (Å²) in [6.07, 6.45) is 0.545. The molecule has 6 heteroatoms. The van der Waals surface area contributed by atoms with Crippen molar-refractivity contribution in [1.82, 2.24) is 9.80 Å². The largest absolute Gasteiger partial charge is 0.395 e. The van der Waals surface area contributed by atoms with E-state index in [1.165, 1.54) is 0 Å². The molecule has 16 heavy (non-hydrogen) atoms. The van der Waals surface area contributed by atoms with Crippen LogP contribution in [0.1, 0.15) is 13.3 Å². The molecule has 0 heterocycles. The Labute approximate surface area is 102 Å². The van der Waals surface area contributed by atoms with Gasteiger partial charge in [-0.2, -0.15) is 0 Å². The van der Waals surface area contributed by atoms with E-state index >= 15 is 0 Å². The molecule has 0 unspecified atom stereocenters. The number of likely N-dealkylation sites (N-methyl/N-ethyl adjacent to an activating group) is 2. The Morgan fingerprint density at radius 2 is 2.06 bits per heavy atom. The minimum Gasteiger partial charge on any atom is -0.395 e. The average Bonchev–Trinajstić information content (AvgIpc) is 2.24. The maximum absolute atomic E-state index is 11.7. The lowest BCUT2D eigenvalue weighted by molar-refractivity contribution is -0.131. The second-order valence-electron chi connectivity index (χ2n) is 3.62. The molecule has 0 spiro atoms. The molecule has 5 nitrogen and oxygen atoms in total. The number of hydrogen-bond acceptors (Lipinski definition) is 4. The van der Waals surface area contributed by atoms with Crippen molar-refractivity contribution in [3.05, 3.63) is 0 Å². The number of rotatable bonds is 8. The number of nitrogens with two attached hydrogens (primary N) is 1. The third kappa shape index (κ3) is 6.71. The van der Waals surface area contributed by atoms with Crippen LogP contribution in [-0.4, -0.2) is 65.6 Å². The molecule has 0 aromatic rings. The van der Waals surface area contributed by atoms with Crippen molar-refractivity contribution in [3.8, 4) is 0 Å². The summed E-state index contributed by atoms with van der Waals surface area (Å²) in [6, 6.07) is 0. The summed E-state index contributed by atoms with van der Waals surface area (Å²) in [5.74, 6) is 0.0200. The molecule has 0 aliphatic carbocycles. The van der Waals surface area contributed by atoms with Gasteiger partial charge >= 0.3 is 0 Å². The molecule has 3 N–H and O–H groups in total. The van der Waals surface area contributed by atoms with Gasteiger partial charge in [0.1, 0.15) is 0 Å². The van der Waals surface area contributed by atoms with Crippen LogP contribution >= 0.6 is 12.2 Å². The van der Waals surface area contributed by atoms with Crippen LogP contribution in [0.5, 0.6) is 0 Å². The first-order valence-corrected chi connectivity index (χ1v) is 5.77. The zero-order chi connectivity index (χ0) is 12.6. The lowest BCUT2D eigenvalue weighted by Gasteiger charge is -2.23.